The molecule has 12 heteroatoms. The largest absolute Gasteiger partial charge is 0.382 e. The van der Waals surface area contributed by atoms with E-state index < -0.39 is 32.2 Å². The summed E-state index contributed by atoms with van der Waals surface area (Å²) in [5.74, 6) is -0.358. The third-order valence-corrected chi connectivity index (χ3v) is 7.29. The summed E-state index contributed by atoms with van der Waals surface area (Å²) in [4.78, 5) is 27.9. The molecule has 1 aliphatic rings. The summed E-state index contributed by atoms with van der Waals surface area (Å²) in [6.07, 6.45) is 3.40. The minimum Gasteiger partial charge on any atom is -0.382 e. The Kier molecular flexibility index (Phi) is 5.64. The highest BCUT2D eigenvalue weighted by atomic mass is 32.2. The van der Waals surface area contributed by atoms with Gasteiger partial charge in [0.05, 0.1) is 22.6 Å². The number of sulfone groups is 1. The first-order chi connectivity index (χ1) is 17.2. The maximum absolute atomic E-state index is 14.7. The van der Waals surface area contributed by atoms with E-state index in [0.717, 1.165) is 12.3 Å². The van der Waals surface area contributed by atoms with Crippen molar-refractivity contribution < 1.29 is 12.8 Å². The summed E-state index contributed by atoms with van der Waals surface area (Å²) < 4.78 is 41.0. The van der Waals surface area contributed by atoms with Crippen LogP contribution in [0.2, 0.25) is 0 Å². The van der Waals surface area contributed by atoms with Crippen LogP contribution in [-0.2, 0) is 9.84 Å². The molecule has 182 valence electrons. The van der Waals surface area contributed by atoms with Gasteiger partial charge in [-0.1, -0.05) is 18.2 Å². The fourth-order valence-corrected chi connectivity index (χ4v) is 5.64. The van der Waals surface area contributed by atoms with Gasteiger partial charge in [0, 0.05) is 12.8 Å². The van der Waals surface area contributed by atoms with Crippen molar-refractivity contribution in [1.29, 1.82) is 5.26 Å². The molecule has 0 amide bonds. The average molecular weight is 506 g/mol. The third kappa shape index (κ3) is 3.74. The predicted molar refractivity (Wildman–Crippen MR) is 131 cm³/mol. The standard InChI is InChI=1S/C24H20FN7O3S/c1-36(34,35)20-16(25)9-10-17-19(20)24(33)32(14-6-3-2-4-7-14)23(30-17)18-8-5-11-31(18)22-15(12-26)21(27)28-13-29-22/h2-4,6-7,9-10,13,18H,5,8,11H2,1H3,(H2,27,28,29)/t18-/m0/s1. The number of nitrogens with zero attached hydrogens (tertiary/aromatic N) is 6. The first-order valence-corrected chi connectivity index (χ1v) is 12.9. The second-order valence-corrected chi connectivity index (χ2v) is 10.4. The number of halogens is 1. The molecule has 2 N–H and O–H groups in total. The summed E-state index contributed by atoms with van der Waals surface area (Å²) in [6, 6.07) is 12.4. The number of nitrogen functional groups attached to an aromatic ring is 1. The first kappa shape index (κ1) is 23.4. The van der Waals surface area contributed by atoms with Crippen LogP contribution in [0.25, 0.3) is 16.6 Å². The van der Waals surface area contributed by atoms with E-state index in [4.69, 9.17) is 10.7 Å². The number of para-hydroxylation sites is 1. The molecule has 0 bridgehead atoms. The maximum atomic E-state index is 14.7. The topological polar surface area (TPSA) is 148 Å². The first-order valence-electron chi connectivity index (χ1n) is 11.0. The number of hydrogen-bond acceptors (Lipinski definition) is 9. The van der Waals surface area contributed by atoms with Crippen molar-refractivity contribution in [3.05, 3.63) is 76.4 Å². The molecule has 2 aromatic heterocycles. The molecule has 2 aromatic carbocycles. The Morgan fingerprint density at radius 2 is 1.92 bits per heavy atom. The Morgan fingerprint density at radius 3 is 2.61 bits per heavy atom. The molecule has 1 fully saturated rings. The van der Waals surface area contributed by atoms with Crippen LogP contribution in [0.4, 0.5) is 16.0 Å². The number of nitrogens with two attached hydrogens (primary N) is 1. The molecule has 4 aromatic rings. The monoisotopic (exact) mass is 505 g/mol. The number of hydrogen-bond donors (Lipinski definition) is 1. The van der Waals surface area contributed by atoms with Crippen LogP contribution < -0.4 is 16.2 Å². The Labute approximate surface area is 205 Å². The third-order valence-electron chi connectivity index (χ3n) is 6.15. The summed E-state index contributed by atoms with van der Waals surface area (Å²) in [7, 11) is -4.09. The Bertz CT molecular complexity index is 1720. The van der Waals surface area contributed by atoms with E-state index in [2.05, 4.69) is 9.97 Å². The minimum atomic E-state index is -4.09. The summed E-state index contributed by atoms with van der Waals surface area (Å²) in [5, 5.41) is 9.35. The molecule has 36 heavy (non-hydrogen) atoms. The van der Waals surface area contributed by atoms with E-state index in [-0.39, 0.29) is 22.3 Å². The Hall–Kier alpha value is -4.37. The smallest absolute Gasteiger partial charge is 0.267 e. The van der Waals surface area contributed by atoms with Crippen molar-refractivity contribution in [3.63, 3.8) is 0 Å². The molecule has 5 rings (SSSR count). The normalized spacial score (nSPS) is 15.8. The van der Waals surface area contributed by atoms with Gasteiger partial charge in [-0.05, 0) is 37.1 Å². The van der Waals surface area contributed by atoms with Crippen LogP contribution in [0.3, 0.4) is 0 Å². The van der Waals surface area contributed by atoms with E-state index in [1.54, 1.807) is 30.3 Å². The lowest BCUT2D eigenvalue weighted by atomic mass is 10.1. The van der Waals surface area contributed by atoms with Gasteiger partial charge in [0.1, 0.15) is 40.3 Å². The van der Waals surface area contributed by atoms with Crippen LogP contribution in [-0.4, -0.2) is 40.7 Å². The Balaban J connectivity index is 1.85. The highest BCUT2D eigenvalue weighted by Gasteiger charge is 2.34. The number of aromatic nitrogens is 4. The summed E-state index contributed by atoms with van der Waals surface area (Å²) in [5.41, 5.74) is 5.80. The summed E-state index contributed by atoms with van der Waals surface area (Å²) >= 11 is 0. The molecule has 10 nitrogen and oxygen atoms in total. The number of benzene rings is 2. The molecule has 0 spiro atoms. The van der Waals surface area contributed by atoms with Crippen molar-refractivity contribution in [2.24, 2.45) is 0 Å². The maximum Gasteiger partial charge on any atom is 0.267 e. The zero-order valence-corrected chi connectivity index (χ0v) is 19.9. The lowest BCUT2D eigenvalue weighted by Gasteiger charge is -2.28. The van der Waals surface area contributed by atoms with Crippen LogP contribution >= 0.6 is 0 Å². The van der Waals surface area contributed by atoms with Crippen molar-refractivity contribution >= 4 is 32.4 Å². The van der Waals surface area contributed by atoms with Gasteiger partial charge in [0.25, 0.3) is 5.56 Å². The highest BCUT2D eigenvalue weighted by Crippen LogP contribution is 2.37. The Morgan fingerprint density at radius 1 is 1.17 bits per heavy atom. The van der Waals surface area contributed by atoms with Crippen molar-refractivity contribution in [2.75, 3.05) is 23.4 Å². The quantitative estimate of drug-likeness (QED) is 0.442. The van der Waals surface area contributed by atoms with Crippen molar-refractivity contribution in [1.82, 2.24) is 19.5 Å². The van der Waals surface area contributed by atoms with Crippen LogP contribution in [0.15, 0.2) is 58.5 Å². The summed E-state index contributed by atoms with van der Waals surface area (Å²) in [6.45, 7) is 0.510. The average Bonchev–Trinajstić information content (AvgIpc) is 3.33. The molecule has 1 saturated heterocycles. The van der Waals surface area contributed by atoms with E-state index in [1.165, 1.54) is 17.0 Å². The van der Waals surface area contributed by atoms with Gasteiger partial charge < -0.3 is 10.6 Å². The van der Waals surface area contributed by atoms with Crippen molar-refractivity contribution in [3.8, 4) is 11.8 Å². The molecular formula is C24H20FN7O3S. The minimum absolute atomic E-state index is 0.0355. The zero-order valence-electron chi connectivity index (χ0n) is 19.1. The second-order valence-electron chi connectivity index (χ2n) is 8.41. The SMILES string of the molecule is CS(=O)(=O)c1c(F)ccc2nc([C@@H]3CCCN3c3ncnc(N)c3C#N)n(-c3ccccc3)c(=O)c12. The van der Waals surface area contributed by atoms with Gasteiger partial charge >= 0.3 is 0 Å². The van der Waals surface area contributed by atoms with E-state index in [9.17, 15) is 22.9 Å². The second kappa shape index (κ2) is 8.69. The number of fused-ring (bicyclic) bond motifs is 1. The molecule has 3 heterocycles. The lowest BCUT2D eigenvalue weighted by Crippen LogP contribution is -2.33. The fourth-order valence-electron chi connectivity index (χ4n) is 4.65. The van der Waals surface area contributed by atoms with Crippen molar-refractivity contribution in [2.45, 2.75) is 23.8 Å². The molecule has 1 atom stereocenters. The van der Waals surface area contributed by atoms with Crippen LogP contribution in [0, 0.1) is 17.1 Å². The van der Waals surface area contributed by atoms with Crippen LogP contribution in [0.5, 0.6) is 0 Å². The van der Waals surface area contributed by atoms with Gasteiger partial charge in [-0.25, -0.2) is 27.8 Å². The number of nitriles is 1. The van der Waals surface area contributed by atoms with E-state index >= 15 is 0 Å². The zero-order chi connectivity index (χ0) is 25.6. The lowest BCUT2D eigenvalue weighted by molar-refractivity contribution is 0.572. The van der Waals surface area contributed by atoms with Gasteiger partial charge in [0.2, 0.25) is 0 Å². The van der Waals surface area contributed by atoms with Crippen LogP contribution in [0.1, 0.15) is 30.3 Å². The van der Waals surface area contributed by atoms with Gasteiger partial charge in [-0.3, -0.25) is 9.36 Å². The highest BCUT2D eigenvalue weighted by molar-refractivity contribution is 7.91. The van der Waals surface area contributed by atoms with E-state index in [0.29, 0.717) is 36.7 Å². The molecule has 0 unspecified atom stereocenters. The number of rotatable bonds is 4. The molecule has 0 saturated carbocycles. The van der Waals surface area contributed by atoms with Gasteiger partial charge in [0.15, 0.2) is 15.7 Å². The van der Waals surface area contributed by atoms with Gasteiger partial charge in [-0.15, -0.1) is 0 Å². The molecule has 1 aliphatic heterocycles. The fraction of sp³-hybridized carbons (Fsp3) is 0.208. The molecule has 0 aliphatic carbocycles. The predicted octanol–water partition coefficient (Wildman–Crippen LogP) is 2.51. The number of anilines is 2. The van der Waals surface area contributed by atoms with E-state index in [1.807, 2.05) is 11.0 Å². The van der Waals surface area contributed by atoms with Gasteiger partial charge in [-0.2, -0.15) is 5.26 Å². The molecule has 0 radical (unpaired) electrons. The molecular weight excluding hydrogens is 485 g/mol.